The summed E-state index contributed by atoms with van der Waals surface area (Å²) in [5, 5.41) is 3.86. The molecule has 0 aliphatic rings. The number of amides is 1. The molecule has 1 N–H and O–H groups in total. The second-order valence-corrected chi connectivity index (χ2v) is 5.65. The van der Waals surface area contributed by atoms with Crippen LogP contribution in [0.3, 0.4) is 0 Å². The van der Waals surface area contributed by atoms with Crippen LogP contribution < -0.4 is 5.32 Å². The predicted molar refractivity (Wildman–Crippen MR) is 88.1 cm³/mol. The van der Waals surface area contributed by atoms with Gasteiger partial charge in [0.25, 0.3) is 5.91 Å². The van der Waals surface area contributed by atoms with Crippen molar-refractivity contribution in [1.82, 2.24) is 0 Å². The average Bonchev–Trinajstić information content (AvgIpc) is 2.79. The monoisotopic (exact) mass is 377 g/mol. The lowest BCUT2D eigenvalue weighted by Crippen LogP contribution is -2.12. The van der Waals surface area contributed by atoms with Gasteiger partial charge in [-0.3, -0.25) is 4.79 Å². The highest BCUT2D eigenvalue weighted by Gasteiger charge is 2.17. The molecule has 2 aromatic carbocycles. The molecule has 3 aromatic rings. The van der Waals surface area contributed by atoms with E-state index in [0.717, 1.165) is 25.8 Å². The number of carbonyl (C=O) groups excluding carboxylic acids is 1. The molecule has 0 bridgehead atoms. The molecule has 20 heavy (non-hydrogen) atoms. The second-order valence-electron chi connectivity index (χ2n) is 4.49. The van der Waals surface area contributed by atoms with Gasteiger partial charge in [-0.2, -0.15) is 0 Å². The molecule has 0 unspecified atom stereocenters. The van der Waals surface area contributed by atoms with Crippen molar-refractivity contribution in [1.29, 1.82) is 0 Å². The minimum Gasteiger partial charge on any atom is -0.451 e. The van der Waals surface area contributed by atoms with Crippen LogP contribution in [0.2, 0.25) is 0 Å². The Kier molecular flexibility index (Phi) is 3.48. The number of fused-ring (bicyclic) bond motifs is 1. The number of anilines is 1. The fraction of sp³-hybridized carbons (Fsp3) is 0.0625. The topological polar surface area (TPSA) is 42.2 Å². The Bertz CT molecular complexity index is 792. The van der Waals surface area contributed by atoms with Crippen molar-refractivity contribution in [2.75, 3.05) is 5.32 Å². The highest BCUT2D eigenvalue weighted by molar-refractivity contribution is 14.1. The summed E-state index contributed by atoms with van der Waals surface area (Å²) in [7, 11) is 0. The number of aryl methyl sites for hydroxylation is 1. The van der Waals surface area contributed by atoms with Gasteiger partial charge in [-0.05, 0) is 47.7 Å². The van der Waals surface area contributed by atoms with Gasteiger partial charge in [0.15, 0.2) is 5.76 Å². The molecule has 100 valence electrons. The minimum atomic E-state index is -0.220. The first-order valence-electron chi connectivity index (χ1n) is 6.21. The van der Waals surface area contributed by atoms with Crippen LogP contribution in [0.25, 0.3) is 11.0 Å². The molecular formula is C16H12INO2. The van der Waals surface area contributed by atoms with Crippen molar-refractivity contribution in [2.24, 2.45) is 0 Å². The number of furan rings is 1. The Morgan fingerprint density at radius 1 is 1.10 bits per heavy atom. The van der Waals surface area contributed by atoms with Crippen LogP contribution in [0.5, 0.6) is 0 Å². The van der Waals surface area contributed by atoms with Gasteiger partial charge in [0, 0.05) is 14.5 Å². The van der Waals surface area contributed by atoms with E-state index in [1.165, 1.54) is 0 Å². The fourth-order valence-electron chi connectivity index (χ4n) is 2.13. The van der Waals surface area contributed by atoms with Gasteiger partial charge in [-0.1, -0.05) is 30.3 Å². The molecule has 0 radical (unpaired) electrons. The van der Waals surface area contributed by atoms with Crippen molar-refractivity contribution in [3.63, 3.8) is 0 Å². The van der Waals surface area contributed by atoms with Crippen LogP contribution in [0.4, 0.5) is 5.69 Å². The van der Waals surface area contributed by atoms with E-state index in [4.69, 9.17) is 4.42 Å². The van der Waals surface area contributed by atoms with Gasteiger partial charge in [-0.15, -0.1) is 0 Å². The van der Waals surface area contributed by atoms with Gasteiger partial charge in [0.1, 0.15) is 5.58 Å². The zero-order valence-electron chi connectivity index (χ0n) is 10.8. The van der Waals surface area contributed by atoms with Crippen molar-refractivity contribution < 1.29 is 9.21 Å². The van der Waals surface area contributed by atoms with Gasteiger partial charge in [0.05, 0.1) is 5.69 Å². The maximum absolute atomic E-state index is 12.3. The molecule has 1 amide bonds. The Hall–Kier alpha value is -1.82. The third-order valence-corrected chi connectivity index (χ3v) is 4.11. The Morgan fingerprint density at radius 3 is 2.55 bits per heavy atom. The van der Waals surface area contributed by atoms with E-state index < -0.39 is 0 Å². The first kappa shape index (κ1) is 13.2. The predicted octanol–water partition coefficient (Wildman–Crippen LogP) is 4.60. The molecular weight excluding hydrogens is 365 g/mol. The number of halogens is 1. The van der Waals surface area contributed by atoms with Crippen LogP contribution in [0, 0.1) is 10.5 Å². The SMILES string of the molecule is Cc1c(C(=O)Nc2ccccc2I)oc2ccccc12. The normalized spacial score (nSPS) is 10.7. The first-order valence-corrected chi connectivity index (χ1v) is 7.28. The molecule has 1 aromatic heterocycles. The van der Waals surface area contributed by atoms with Crippen LogP contribution in [0.1, 0.15) is 16.1 Å². The molecule has 0 atom stereocenters. The molecule has 0 aliphatic carbocycles. The largest absolute Gasteiger partial charge is 0.451 e. The number of hydrogen-bond acceptors (Lipinski definition) is 2. The molecule has 3 nitrogen and oxygen atoms in total. The van der Waals surface area contributed by atoms with Crippen LogP contribution in [-0.4, -0.2) is 5.91 Å². The molecule has 0 saturated carbocycles. The molecule has 4 heteroatoms. The van der Waals surface area contributed by atoms with Crippen molar-refractivity contribution in [2.45, 2.75) is 6.92 Å². The third kappa shape index (κ3) is 2.31. The zero-order chi connectivity index (χ0) is 14.1. The van der Waals surface area contributed by atoms with Gasteiger partial charge in [0.2, 0.25) is 0 Å². The van der Waals surface area contributed by atoms with Gasteiger partial charge < -0.3 is 9.73 Å². The van der Waals surface area contributed by atoms with Crippen LogP contribution in [-0.2, 0) is 0 Å². The Balaban J connectivity index is 1.97. The smallest absolute Gasteiger partial charge is 0.291 e. The van der Waals surface area contributed by atoms with E-state index in [2.05, 4.69) is 27.9 Å². The summed E-state index contributed by atoms with van der Waals surface area (Å²) >= 11 is 2.19. The number of nitrogens with one attached hydrogen (secondary N) is 1. The summed E-state index contributed by atoms with van der Waals surface area (Å²) in [6.07, 6.45) is 0. The lowest BCUT2D eigenvalue weighted by atomic mass is 10.1. The van der Waals surface area contributed by atoms with E-state index in [1.54, 1.807) is 0 Å². The minimum absolute atomic E-state index is 0.220. The van der Waals surface area contributed by atoms with Crippen molar-refractivity contribution in [3.05, 3.63) is 63.4 Å². The summed E-state index contributed by atoms with van der Waals surface area (Å²) < 4.78 is 6.65. The first-order chi connectivity index (χ1) is 9.66. The quantitative estimate of drug-likeness (QED) is 0.664. The van der Waals surface area contributed by atoms with Crippen LogP contribution >= 0.6 is 22.6 Å². The number of carbonyl (C=O) groups is 1. The van der Waals surface area contributed by atoms with Crippen LogP contribution in [0.15, 0.2) is 52.9 Å². The zero-order valence-corrected chi connectivity index (χ0v) is 13.0. The number of hydrogen-bond donors (Lipinski definition) is 1. The summed E-state index contributed by atoms with van der Waals surface area (Å²) in [4.78, 5) is 12.3. The highest BCUT2D eigenvalue weighted by atomic mass is 127. The van der Waals surface area contributed by atoms with Crippen molar-refractivity contribution >= 4 is 45.2 Å². The molecule has 0 aliphatic heterocycles. The summed E-state index contributed by atoms with van der Waals surface area (Å²) in [5.41, 5.74) is 2.39. The standard InChI is InChI=1S/C16H12INO2/c1-10-11-6-2-5-9-14(11)20-15(10)16(19)18-13-8-4-3-7-12(13)17/h2-9H,1H3,(H,18,19). The maximum Gasteiger partial charge on any atom is 0.291 e. The number of para-hydroxylation sites is 2. The fourth-order valence-corrected chi connectivity index (χ4v) is 2.65. The molecule has 3 rings (SSSR count). The van der Waals surface area contributed by atoms with Gasteiger partial charge >= 0.3 is 0 Å². The maximum atomic E-state index is 12.3. The number of rotatable bonds is 2. The van der Waals surface area contributed by atoms with Gasteiger partial charge in [-0.25, -0.2) is 0 Å². The number of benzene rings is 2. The molecule has 0 fully saturated rings. The summed E-state index contributed by atoms with van der Waals surface area (Å²) in [6.45, 7) is 1.90. The second kappa shape index (κ2) is 5.28. The van der Waals surface area contributed by atoms with E-state index in [-0.39, 0.29) is 5.91 Å². The Morgan fingerprint density at radius 2 is 1.80 bits per heavy atom. The summed E-state index contributed by atoms with van der Waals surface area (Å²) in [5.74, 6) is 0.147. The average molecular weight is 377 g/mol. The Labute approximate surface area is 130 Å². The van der Waals surface area contributed by atoms with E-state index in [0.29, 0.717) is 5.76 Å². The molecule has 0 saturated heterocycles. The molecule has 1 heterocycles. The lowest BCUT2D eigenvalue weighted by Gasteiger charge is -2.05. The van der Waals surface area contributed by atoms with Crippen molar-refractivity contribution in [3.8, 4) is 0 Å². The van der Waals surface area contributed by atoms with E-state index in [9.17, 15) is 4.79 Å². The highest BCUT2D eigenvalue weighted by Crippen LogP contribution is 2.26. The lowest BCUT2D eigenvalue weighted by molar-refractivity contribution is 0.0998. The van der Waals surface area contributed by atoms with E-state index in [1.807, 2.05) is 55.5 Å². The third-order valence-electron chi connectivity index (χ3n) is 3.17. The molecule has 0 spiro atoms. The van der Waals surface area contributed by atoms with E-state index >= 15 is 0 Å². The summed E-state index contributed by atoms with van der Waals surface area (Å²) in [6, 6.07) is 15.3.